The zero-order chi connectivity index (χ0) is 17.7. The van der Waals surface area contributed by atoms with Crippen molar-refractivity contribution in [3.63, 3.8) is 0 Å². The maximum absolute atomic E-state index is 12.2. The molecule has 2 rings (SSSR count). The molecule has 0 aliphatic carbocycles. The Bertz CT molecular complexity index is 823. The number of amides is 1. The summed E-state index contributed by atoms with van der Waals surface area (Å²) in [4.78, 5) is 14.2. The molecular weight excluding hydrogens is 390 g/mol. The molecule has 122 valence electrons. The zero-order valence-corrected chi connectivity index (χ0v) is 15.5. The average Bonchev–Trinajstić information content (AvgIpc) is 2.54. The highest BCUT2D eigenvalue weighted by Gasteiger charge is 2.10. The Morgan fingerprint density at radius 2 is 1.92 bits per heavy atom. The summed E-state index contributed by atoms with van der Waals surface area (Å²) < 4.78 is 0.886. The van der Waals surface area contributed by atoms with Gasteiger partial charge in [-0.2, -0.15) is 5.26 Å². The number of nitrogens with zero attached hydrogens (tertiary/aromatic N) is 2. The number of carbonyl (C=O) groups excluding carboxylic acids is 1. The Kier molecular flexibility index (Phi) is 6.02. The van der Waals surface area contributed by atoms with Gasteiger partial charge < -0.3 is 10.2 Å². The van der Waals surface area contributed by atoms with Crippen molar-refractivity contribution >= 4 is 50.9 Å². The first-order valence-electron chi connectivity index (χ1n) is 7.06. The fourth-order valence-electron chi connectivity index (χ4n) is 2.02. The summed E-state index contributed by atoms with van der Waals surface area (Å²) >= 11 is 9.30. The fourth-order valence-corrected chi connectivity index (χ4v) is 2.90. The fraction of sp³-hybridized carbons (Fsp3) is 0.111. The van der Waals surface area contributed by atoms with Crippen LogP contribution in [0.25, 0.3) is 6.08 Å². The lowest BCUT2D eigenvalue weighted by atomic mass is 10.1. The molecule has 6 heteroatoms. The molecule has 0 bridgehead atoms. The van der Waals surface area contributed by atoms with Gasteiger partial charge in [-0.3, -0.25) is 4.79 Å². The molecule has 4 nitrogen and oxygen atoms in total. The van der Waals surface area contributed by atoms with Crippen LogP contribution in [-0.4, -0.2) is 20.0 Å². The summed E-state index contributed by atoms with van der Waals surface area (Å²) in [6.07, 6.45) is 1.55. The van der Waals surface area contributed by atoms with Crippen LogP contribution in [0, 0.1) is 11.3 Å². The van der Waals surface area contributed by atoms with Crippen LogP contribution in [-0.2, 0) is 4.79 Å². The first kappa shape index (κ1) is 18.1. The second kappa shape index (κ2) is 8.00. The predicted molar refractivity (Wildman–Crippen MR) is 102 cm³/mol. The molecule has 0 aliphatic heterocycles. The van der Waals surface area contributed by atoms with Crippen molar-refractivity contribution in [1.29, 1.82) is 5.26 Å². The summed E-state index contributed by atoms with van der Waals surface area (Å²) in [5, 5.41) is 12.5. The molecule has 0 unspecified atom stereocenters. The van der Waals surface area contributed by atoms with Gasteiger partial charge in [0.1, 0.15) is 11.6 Å². The molecular formula is C18H15BrClN3O. The third-order valence-corrected chi connectivity index (χ3v) is 4.12. The van der Waals surface area contributed by atoms with Gasteiger partial charge in [0.2, 0.25) is 0 Å². The number of halogens is 2. The second-order valence-electron chi connectivity index (χ2n) is 5.24. The smallest absolute Gasteiger partial charge is 0.266 e. The largest absolute Gasteiger partial charge is 0.377 e. The number of rotatable bonds is 4. The van der Waals surface area contributed by atoms with Crippen molar-refractivity contribution in [3.05, 3.63) is 63.1 Å². The minimum absolute atomic E-state index is 0.0226. The monoisotopic (exact) mass is 403 g/mol. The molecule has 0 atom stereocenters. The van der Waals surface area contributed by atoms with Crippen LogP contribution < -0.4 is 10.2 Å². The lowest BCUT2D eigenvalue weighted by Crippen LogP contribution is -2.13. The molecule has 0 aliphatic rings. The summed E-state index contributed by atoms with van der Waals surface area (Å²) in [6, 6.07) is 14.3. The van der Waals surface area contributed by atoms with E-state index in [9.17, 15) is 10.1 Å². The van der Waals surface area contributed by atoms with E-state index in [2.05, 4.69) is 21.2 Å². The standard InChI is InChI=1S/C18H15BrClN3O/c1-23(2)17-8-3-12(10-16(17)19)9-13(11-21)18(24)22-15-6-4-14(20)5-7-15/h3-10H,1-2H3,(H,22,24)/b13-9-. The molecule has 0 fully saturated rings. The Morgan fingerprint density at radius 1 is 1.25 bits per heavy atom. The maximum Gasteiger partial charge on any atom is 0.266 e. The molecule has 0 radical (unpaired) electrons. The molecule has 0 saturated heterocycles. The molecule has 0 spiro atoms. The van der Waals surface area contributed by atoms with Crippen LogP contribution in [0.15, 0.2) is 52.5 Å². The van der Waals surface area contributed by atoms with E-state index in [1.165, 1.54) is 0 Å². The molecule has 0 aromatic heterocycles. The van der Waals surface area contributed by atoms with E-state index in [1.54, 1.807) is 30.3 Å². The average molecular weight is 405 g/mol. The van der Waals surface area contributed by atoms with Gasteiger partial charge in [-0.05, 0) is 64.0 Å². The highest BCUT2D eigenvalue weighted by Crippen LogP contribution is 2.26. The van der Waals surface area contributed by atoms with Crippen LogP contribution in [0.4, 0.5) is 11.4 Å². The summed E-state index contributed by atoms with van der Waals surface area (Å²) in [5.41, 5.74) is 2.37. The number of carbonyl (C=O) groups is 1. The highest BCUT2D eigenvalue weighted by atomic mass is 79.9. The van der Waals surface area contributed by atoms with Gasteiger partial charge in [0.05, 0.1) is 5.69 Å². The predicted octanol–water partition coefficient (Wildman–Crippen LogP) is 4.71. The normalized spacial score (nSPS) is 10.9. The van der Waals surface area contributed by atoms with Gasteiger partial charge in [-0.1, -0.05) is 17.7 Å². The van der Waals surface area contributed by atoms with Crippen molar-refractivity contribution in [2.75, 3.05) is 24.3 Å². The minimum atomic E-state index is -0.465. The Hall–Kier alpha value is -2.29. The van der Waals surface area contributed by atoms with E-state index in [-0.39, 0.29) is 5.57 Å². The Balaban J connectivity index is 2.22. The van der Waals surface area contributed by atoms with Crippen molar-refractivity contribution in [2.24, 2.45) is 0 Å². The van der Waals surface area contributed by atoms with Crippen molar-refractivity contribution in [2.45, 2.75) is 0 Å². The number of hydrogen-bond donors (Lipinski definition) is 1. The number of anilines is 2. The molecule has 0 heterocycles. The van der Waals surface area contributed by atoms with Gasteiger partial charge in [0.25, 0.3) is 5.91 Å². The molecule has 0 saturated carbocycles. The van der Waals surface area contributed by atoms with E-state index in [0.717, 1.165) is 15.7 Å². The number of hydrogen-bond acceptors (Lipinski definition) is 3. The van der Waals surface area contributed by atoms with Crippen LogP contribution in [0.3, 0.4) is 0 Å². The van der Waals surface area contributed by atoms with Gasteiger partial charge in [-0.25, -0.2) is 0 Å². The Morgan fingerprint density at radius 3 is 2.46 bits per heavy atom. The SMILES string of the molecule is CN(C)c1ccc(/C=C(/C#N)C(=O)Nc2ccc(Cl)cc2)cc1Br. The van der Waals surface area contributed by atoms with Crippen molar-refractivity contribution < 1.29 is 4.79 Å². The molecule has 1 amide bonds. The van der Waals surface area contributed by atoms with Crippen molar-refractivity contribution in [3.8, 4) is 6.07 Å². The van der Waals surface area contributed by atoms with Crippen LogP contribution in [0.1, 0.15) is 5.56 Å². The number of nitrogens with one attached hydrogen (secondary N) is 1. The lowest BCUT2D eigenvalue weighted by molar-refractivity contribution is -0.112. The summed E-state index contributed by atoms with van der Waals surface area (Å²) in [7, 11) is 3.88. The third-order valence-electron chi connectivity index (χ3n) is 3.23. The summed E-state index contributed by atoms with van der Waals surface area (Å²) in [5.74, 6) is -0.465. The molecule has 2 aromatic rings. The summed E-state index contributed by atoms with van der Waals surface area (Å²) in [6.45, 7) is 0. The van der Waals surface area contributed by atoms with Crippen LogP contribution >= 0.6 is 27.5 Å². The number of nitriles is 1. The van der Waals surface area contributed by atoms with Gasteiger partial charge in [0, 0.05) is 29.3 Å². The number of benzene rings is 2. The van der Waals surface area contributed by atoms with Crippen LogP contribution in [0.5, 0.6) is 0 Å². The molecule has 24 heavy (non-hydrogen) atoms. The van der Waals surface area contributed by atoms with E-state index in [1.807, 2.05) is 43.3 Å². The van der Waals surface area contributed by atoms with Crippen molar-refractivity contribution in [1.82, 2.24) is 0 Å². The van der Waals surface area contributed by atoms with E-state index in [0.29, 0.717) is 10.7 Å². The minimum Gasteiger partial charge on any atom is -0.377 e. The molecule has 2 aromatic carbocycles. The zero-order valence-electron chi connectivity index (χ0n) is 13.2. The maximum atomic E-state index is 12.2. The van der Waals surface area contributed by atoms with Gasteiger partial charge >= 0.3 is 0 Å². The van der Waals surface area contributed by atoms with E-state index < -0.39 is 5.91 Å². The quantitative estimate of drug-likeness (QED) is 0.593. The topological polar surface area (TPSA) is 56.1 Å². The first-order valence-corrected chi connectivity index (χ1v) is 8.23. The lowest BCUT2D eigenvalue weighted by Gasteiger charge is -2.14. The second-order valence-corrected chi connectivity index (χ2v) is 6.53. The van der Waals surface area contributed by atoms with Gasteiger partial charge in [0.15, 0.2) is 0 Å². The highest BCUT2D eigenvalue weighted by molar-refractivity contribution is 9.10. The third kappa shape index (κ3) is 4.60. The Labute approximate surface area is 154 Å². The molecule has 1 N–H and O–H groups in total. The van der Waals surface area contributed by atoms with Crippen LogP contribution in [0.2, 0.25) is 5.02 Å². The van der Waals surface area contributed by atoms with Gasteiger partial charge in [-0.15, -0.1) is 0 Å². The van der Waals surface area contributed by atoms with E-state index in [4.69, 9.17) is 11.6 Å². The van der Waals surface area contributed by atoms with E-state index >= 15 is 0 Å². The first-order chi connectivity index (χ1) is 11.4.